The van der Waals surface area contributed by atoms with E-state index in [9.17, 15) is 9.59 Å². The van der Waals surface area contributed by atoms with Crippen molar-refractivity contribution in [2.75, 3.05) is 32.1 Å². The Kier molecular flexibility index (Phi) is 7.23. The Morgan fingerprint density at radius 2 is 1.70 bits per heavy atom. The summed E-state index contributed by atoms with van der Waals surface area (Å²) in [5.74, 6) is 0.737. The van der Waals surface area contributed by atoms with Gasteiger partial charge in [0.1, 0.15) is 0 Å². The van der Waals surface area contributed by atoms with Gasteiger partial charge in [0.15, 0.2) is 11.5 Å². The number of anilines is 1. The van der Waals surface area contributed by atoms with E-state index in [2.05, 4.69) is 5.32 Å². The average Bonchev–Trinajstić information content (AvgIpc) is 2.69. The van der Waals surface area contributed by atoms with Crippen LogP contribution in [0, 0.1) is 0 Å². The topological polar surface area (TPSA) is 67.9 Å². The number of carbonyl (C=O) groups is 2. The lowest BCUT2D eigenvalue weighted by molar-refractivity contribution is 0.0772. The molecule has 2 aromatic carbocycles. The van der Waals surface area contributed by atoms with Crippen LogP contribution < -0.4 is 14.8 Å². The average molecular weight is 370 g/mol. The molecule has 0 bridgehead atoms. The zero-order valence-corrected chi connectivity index (χ0v) is 16.2. The van der Waals surface area contributed by atoms with Gasteiger partial charge in [0.25, 0.3) is 11.8 Å². The summed E-state index contributed by atoms with van der Waals surface area (Å²) in [7, 11) is 1.53. The van der Waals surface area contributed by atoms with Gasteiger partial charge >= 0.3 is 0 Å². The van der Waals surface area contributed by atoms with Crippen LogP contribution in [0.25, 0.3) is 0 Å². The third-order valence-electron chi connectivity index (χ3n) is 4.14. The summed E-state index contributed by atoms with van der Waals surface area (Å²) >= 11 is 0. The zero-order valence-electron chi connectivity index (χ0n) is 16.2. The molecule has 0 radical (unpaired) electrons. The number of methoxy groups -OCH3 is 1. The van der Waals surface area contributed by atoms with Crippen LogP contribution in [0.3, 0.4) is 0 Å². The van der Waals surface area contributed by atoms with Crippen molar-refractivity contribution in [1.82, 2.24) is 4.90 Å². The van der Waals surface area contributed by atoms with Gasteiger partial charge < -0.3 is 19.7 Å². The van der Waals surface area contributed by atoms with Crippen molar-refractivity contribution in [2.24, 2.45) is 0 Å². The molecule has 0 saturated heterocycles. The second-order valence-electron chi connectivity index (χ2n) is 5.81. The molecule has 0 saturated carbocycles. The van der Waals surface area contributed by atoms with Gasteiger partial charge in [-0.05, 0) is 57.2 Å². The summed E-state index contributed by atoms with van der Waals surface area (Å²) in [6.45, 7) is 7.54. The molecule has 144 valence electrons. The Morgan fingerprint density at radius 3 is 2.33 bits per heavy atom. The highest BCUT2D eigenvalue weighted by Crippen LogP contribution is 2.28. The van der Waals surface area contributed by atoms with Crippen molar-refractivity contribution < 1.29 is 19.1 Å². The minimum Gasteiger partial charge on any atom is -0.493 e. The van der Waals surface area contributed by atoms with E-state index >= 15 is 0 Å². The van der Waals surface area contributed by atoms with E-state index in [-0.39, 0.29) is 11.8 Å². The maximum absolute atomic E-state index is 12.6. The van der Waals surface area contributed by atoms with Crippen molar-refractivity contribution in [2.45, 2.75) is 20.8 Å². The molecule has 0 aliphatic carbocycles. The van der Waals surface area contributed by atoms with Gasteiger partial charge in [-0.25, -0.2) is 0 Å². The van der Waals surface area contributed by atoms with E-state index in [1.807, 2.05) is 20.8 Å². The number of benzene rings is 2. The number of ether oxygens (including phenoxy) is 2. The van der Waals surface area contributed by atoms with Crippen LogP contribution in [-0.2, 0) is 0 Å². The largest absolute Gasteiger partial charge is 0.493 e. The first-order chi connectivity index (χ1) is 13.0. The van der Waals surface area contributed by atoms with Gasteiger partial charge in [0, 0.05) is 29.9 Å². The second kappa shape index (κ2) is 9.62. The quantitative estimate of drug-likeness (QED) is 0.767. The van der Waals surface area contributed by atoms with Gasteiger partial charge in [0.05, 0.1) is 13.7 Å². The minimum atomic E-state index is -0.288. The van der Waals surface area contributed by atoms with Crippen molar-refractivity contribution in [3.63, 3.8) is 0 Å². The molecule has 0 aliphatic rings. The van der Waals surface area contributed by atoms with E-state index in [0.717, 1.165) is 0 Å². The fourth-order valence-corrected chi connectivity index (χ4v) is 2.71. The number of hydrogen-bond donors (Lipinski definition) is 1. The van der Waals surface area contributed by atoms with Crippen LogP contribution in [0.1, 0.15) is 41.5 Å². The Morgan fingerprint density at radius 1 is 0.963 bits per heavy atom. The molecule has 2 amide bonds. The maximum Gasteiger partial charge on any atom is 0.255 e. The van der Waals surface area contributed by atoms with Crippen LogP contribution in [0.5, 0.6) is 11.5 Å². The molecular formula is C21H26N2O4. The SMILES string of the molecule is CCOc1ccc(C(=O)Nc2cccc(C(=O)N(CC)CC)c2)cc1OC. The van der Waals surface area contributed by atoms with Crippen molar-refractivity contribution in [1.29, 1.82) is 0 Å². The Bertz CT molecular complexity index is 801. The van der Waals surface area contributed by atoms with Gasteiger partial charge in [0.2, 0.25) is 0 Å². The van der Waals surface area contributed by atoms with E-state index in [4.69, 9.17) is 9.47 Å². The lowest BCUT2D eigenvalue weighted by Gasteiger charge is -2.19. The van der Waals surface area contributed by atoms with E-state index in [1.165, 1.54) is 7.11 Å². The van der Waals surface area contributed by atoms with Gasteiger partial charge in [-0.15, -0.1) is 0 Å². The lowest BCUT2D eigenvalue weighted by Crippen LogP contribution is -2.30. The molecule has 0 fully saturated rings. The summed E-state index contributed by atoms with van der Waals surface area (Å²) in [6.07, 6.45) is 0. The Balaban J connectivity index is 2.18. The van der Waals surface area contributed by atoms with Crippen LogP contribution in [0.2, 0.25) is 0 Å². The number of hydrogen-bond acceptors (Lipinski definition) is 4. The first-order valence-electron chi connectivity index (χ1n) is 9.05. The third kappa shape index (κ3) is 5.00. The second-order valence-corrected chi connectivity index (χ2v) is 5.81. The Hall–Kier alpha value is -3.02. The molecule has 2 aromatic rings. The Labute approximate surface area is 160 Å². The number of amides is 2. The summed E-state index contributed by atoms with van der Waals surface area (Å²) in [5, 5.41) is 2.83. The molecule has 1 N–H and O–H groups in total. The third-order valence-corrected chi connectivity index (χ3v) is 4.14. The molecule has 27 heavy (non-hydrogen) atoms. The molecule has 6 heteroatoms. The molecule has 0 heterocycles. The molecule has 0 spiro atoms. The highest BCUT2D eigenvalue weighted by atomic mass is 16.5. The van der Waals surface area contributed by atoms with Crippen LogP contribution in [-0.4, -0.2) is 43.5 Å². The molecule has 0 aliphatic heterocycles. The van der Waals surface area contributed by atoms with Gasteiger partial charge in [-0.3, -0.25) is 9.59 Å². The molecule has 0 unspecified atom stereocenters. The number of carbonyl (C=O) groups excluding carboxylic acids is 2. The van der Waals surface area contributed by atoms with E-state index in [1.54, 1.807) is 47.4 Å². The molecule has 0 aromatic heterocycles. The smallest absolute Gasteiger partial charge is 0.255 e. The first-order valence-corrected chi connectivity index (χ1v) is 9.05. The summed E-state index contributed by atoms with van der Waals surface area (Å²) in [4.78, 5) is 26.8. The van der Waals surface area contributed by atoms with Crippen molar-refractivity contribution in [3.8, 4) is 11.5 Å². The summed E-state index contributed by atoms with van der Waals surface area (Å²) in [6, 6.07) is 11.9. The van der Waals surface area contributed by atoms with Crippen LogP contribution >= 0.6 is 0 Å². The standard InChI is InChI=1S/C21H26N2O4/c1-5-23(6-2)21(25)16-9-8-10-17(13-16)22-20(24)15-11-12-18(27-7-3)19(14-15)26-4/h8-14H,5-7H2,1-4H3,(H,22,24). The normalized spacial score (nSPS) is 10.2. The highest BCUT2D eigenvalue weighted by molar-refractivity contribution is 6.05. The molecule has 0 atom stereocenters. The van der Waals surface area contributed by atoms with Gasteiger partial charge in [-0.2, -0.15) is 0 Å². The zero-order chi connectivity index (χ0) is 19.8. The predicted molar refractivity (Wildman–Crippen MR) is 106 cm³/mol. The van der Waals surface area contributed by atoms with Crippen molar-refractivity contribution >= 4 is 17.5 Å². The number of nitrogens with one attached hydrogen (secondary N) is 1. The minimum absolute atomic E-state index is 0.0566. The fraction of sp³-hybridized carbons (Fsp3) is 0.333. The molecular weight excluding hydrogens is 344 g/mol. The van der Waals surface area contributed by atoms with Crippen LogP contribution in [0.4, 0.5) is 5.69 Å². The summed E-state index contributed by atoms with van der Waals surface area (Å²) in [5.41, 5.74) is 1.54. The fourth-order valence-electron chi connectivity index (χ4n) is 2.71. The van der Waals surface area contributed by atoms with Crippen molar-refractivity contribution in [3.05, 3.63) is 53.6 Å². The van der Waals surface area contributed by atoms with Crippen LogP contribution in [0.15, 0.2) is 42.5 Å². The summed E-state index contributed by atoms with van der Waals surface area (Å²) < 4.78 is 10.8. The predicted octanol–water partition coefficient (Wildman–Crippen LogP) is 3.83. The first kappa shape index (κ1) is 20.3. The lowest BCUT2D eigenvalue weighted by atomic mass is 10.1. The van der Waals surface area contributed by atoms with Gasteiger partial charge in [-0.1, -0.05) is 6.07 Å². The van der Waals surface area contributed by atoms with E-state index < -0.39 is 0 Å². The highest BCUT2D eigenvalue weighted by Gasteiger charge is 2.15. The van der Waals surface area contributed by atoms with E-state index in [0.29, 0.717) is 48.0 Å². The number of nitrogens with zero attached hydrogens (tertiary/aromatic N) is 1. The molecule has 2 rings (SSSR count). The monoisotopic (exact) mass is 370 g/mol. The number of rotatable bonds is 8. The molecule has 6 nitrogen and oxygen atoms in total. The maximum atomic E-state index is 12.6.